The molecule has 7 nitrogen and oxygen atoms in total. The summed E-state index contributed by atoms with van der Waals surface area (Å²) in [7, 11) is 2.69. The smallest absolute Gasteiger partial charge is 0.325 e. The van der Waals surface area contributed by atoms with E-state index in [1.54, 1.807) is 30.3 Å². The summed E-state index contributed by atoms with van der Waals surface area (Å²) in [5.74, 6) is -1.96. The lowest BCUT2D eigenvalue weighted by Gasteiger charge is -2.13. The van der Waals surface area contributed by atoms with E-state index in [4.69, 9.17) is 11.6 Å². The van der Waals surface area contributed by atoms with Crippen LogP contribution in [0.2, 0.25) is 5.02 Å². The predicted octanol–water partition coefficient (Wildman–Crippen LogP) is 2.47. The first kappa shape index (κ1) is 19.4. The van der Waals surface area contributed by atoms with E-state index in [-0.39, 0.29) is 0 Å². The molecule has 3 rings (SSSR count). The van der Waals surface area contributed by atoms with Crippen molar-refractivity contribution in [3.63, 3.8) is 0 Å². The molecule has 3 aromatic rings. The highest BCUT2D eigenvalue weighted by atomic mass is 35.5. The molecule has 2 N–H and O–H groups in total. The first-order chi connectivity index (χ1) is 13.3. The number of pyridine rings is 1. The molecule has 0 bridgehead atoms. The summed E-state index contributed by atoms with van der Waals surface area (Å²) in [6, 6.07) is 12.3. The van der Waals surface area contributed by atoms with Crippen molar-refractivity contribution < 1.29 is 19.4 Å². The van der Waals surface area contributed by atoms with Gasteiger partial charge in [-0.2, -0.15) is 0 Å². The molecule has 2 aromatic carbocycles. The van der Waals surface area contributed by atoms with Crippen molar-refractivity contribution in [3.05, 3.63) is 63.4 Å². The van der Waals surface area contributed by atoms with Gasteiger partial charge in [-0.25, -0.2) is 0 Å². The molecule has 0 aliphatic rings. The quantitative estimate of drug-likeness (QED) is 0.656. The Kier molecular flexibility index (Phi) is 5.37. The van der Waals surface area contributed by atoms with Crippen LogP contribution in [0.4, 0.5) is 0 Å². The molecule has 0 aliphatic heterocycles. The van der Waals surface area contributed by atoms with Crippen LogP contribution in [0.1, 0.15) is 10.4 Å². The molecule has 1 aromatic heterocycles. The molecule has 0 saturated heterocycles. The van der Waals surface area contributed by atoms with Crippen LogP contribution in [-0.2, 0) is 16.6 Å². The Bertz CT molecular complexity index is 1140. The van der Waals surface area contributed by atoms with Crippen LogP contribution in [0, 0.1) is 0 Å². The number of carbonyl (C=O) groups excluding carboxylic acids is 2. The van der Waals surface area contributed by atoms with Crippen LogP contribution in [0.25, 0.3) is 22.0 Å². The van der Waals surface area contributed by atoms with E-state index in [1.807, 2.05) is 12.1 Å². The van der Waals surface area contributed by atoms with Crippen LogP contribution in [0.5, 0.6) is 5.75 Å². The Morgan fingerprint density at radius 2 is 1.79 bits per heavy atom. The number of hydrogen-bond acceptors (Lipinski definition) is 5. The molecule has 0 fully saturated rings. The number of aromatic nitrogens is 1. The maximum Gasteiger partial charge on any atom is 0.325 e. The van der Waals surface area contributed by atoms with Crippen molar-refractivity contribution in [1.29, 1.82) is 0 Å². The van der Waals surface area contributed by atoms with E-state index in [0.717, 1.165) is 11.1 Å². The number of hydrogen-bond donors (Lipinski definition) is 2. The minimum atomic E-state index is -0.854. The number of nitrogens with zero attached hydrogens (tertiary/aromatic N) is 1. The van der Waals surface area contributed by atoms with Crippen LogP contribution >= 0.6 is 11.6 Å². The van der Waals surface area contributed by atoms with Crippen molar-refractivity contribution in [2.45, 2.75) is 0 Å². The van der Waals surface area contributed by atoms with Gasteiger partial charge in [-0.1, -0.05) is 29.8 Å². The second-order valence-corrected chi connectivity index (χ2v) is 6.52. The summed E-state index contributed by atoms with van der Waals surface area (Å²) in [6.07, 6.45) is 0. The number of nitrogens with one attached hydrogen (secondary N) is 1. The lowest BCUT2D eigenvalue weighted by Crippen LogP contribution is -2.35. The highest BCUT2D eigenvalue weighted by Gasteiger charge is 2.22. The fourth-order valence-electron chi connectivity index (χ4n) is 2.86. The number of methoxy groups -OCH3 is 1. The maximum absolute atomic E-state index is 12.7. The Morgan fingerprint density at radius 3 is 2.43 bits per heavy atom. The Labute approximate surface area is 165 Å². The summed E-state index contributed by atoms with van der Waals surface area (Å²) in [6.45, 7) is -0.411. The molecular formula is C20H17ClN2O5. The van der Waals surface area contributed by atoms with E-state index < -0.39 is 35.3 Å². The number of aromatic hydroxyl groups is 1. The molecule has 0 atom stereocenters. The number of ether oxygens (including phenoxy) is 1. The number of fused-ring (bicyclic) bond motifs is 1. The Balaban J connectivity index is 2.09. The number of esters is 1. The molecule has 144 valence electrons. The largest absolute Gasteiger partial charge is 0.506 e. The fourth-order valence-corrected chi connectivity index (χ4v) is 2.99. The molecule has 1 heterocycles. The number of rotatable bonds is 4. The summed E-state index contributed by atoms with van der Waals surface area (Å²) in [5, 5.41) is 13.7. The van der Waals surface area contributed by atoms with Gasteiger partial charge in [0.05, 0.1) is 12.6 Å². The molecule has 0 aliphatic carbocycles. The van der Waals surface area contributed by atoms with Crippen molar-refractivity contribution >= 4 is 34.4 Å². The van der Waals surface area contributed by atoms with E-state index in [9.17, 15) is 19.5 Å². The average Bonchev–Trinajstić information content (AvgIpc) is 2.70. The summed E-state index contributed by atoms with van der Waals surface area (Å²) >= 11 is 5.92. The molecule has 28 heavy (non-hydrogen) atoms. The third-order valence-electron chi connectivity index (χ3n) is 4.40. The summed E-state index contributed by atoms with van der Waals surface area (Å²) in [4.78, 5) is 36.2. The molecule has 0 unspecified atom stereocenters. The van der Waals surface area contributed by atoms with E-state index >= 15 is 0 Å². The van der Waals surface area contributed by atoms with Gasteiger partial charge in [-0.15, -0.1) is 0 Å². The van der Waals surface area contributed by atoms with E-state index in [2.05, 4.69) is 10.1 Å². The zero-order chi connectivity index (χ0) is 20.4. The van der Waals surface area contributed by atoms with Crippen molar-refractivity contribution in [3.8, 4) is 16.9 Å². The van der Waals surface area contributed by atoms with Gasteiger partial charge in [0.2, 0.25) is 0 Å². The third kappa shape index (κ3) is 3.57. The topological polar surface area (TPSA) is 97.6 Å². The van der Waals surface area contributed by atoms with Gasteiger partial charge in [0.15, 0.2) is 0 Å². The van der Waals surface area contributed by atoms with Crippen LogP contribution in [-0.4, -0.2) is 35.2 Å². The summed E-state index contributed by atoms with van der Waals surface area (Å²) in [5.41, 5.74) is 1.05. The molecule has 8 heteroatoms. The summed E-state index contributed by atoms with van der Waals surface area (Å²) < 4.78 is 5.73. The molecule has 1 amide bonds. The fraction of sp³-hybridized carbons (Fsp3) is 0.150. The minimum Gasteiger partial charge on any atom is -0.506 e. The minimum absolute atomic E-state index is 0.336. The van der Waals surface area contributed by atoms with Gasteiger partial charge >= 0.3 is 5.97 Å². The second kappa shape index (κ2) is 7.74. The zero-order valence-electron chi connectivity index (χ0n) is 15.2. The van der Waals surface area contributed by atoms with Crippen LogP contribution < -0.4 is 10.9 Å². The predicted molar refractivity (Wildman–Crippen MR) is 106 cm³/mol. The van der Waals surface area contributed by atoms with Crippen LogP contribution in [0.15, 0.2) is 47.3 Å². The highest BCUT2D eigenvalue weighted by molar-refractivity contribution is 6.30. The number of carbonyl (C=O) groups is 2. The van der Waals surface area contributed by atoms with Gasteiger partial charge in [-0.05, 0) is 35.4 Å². The Hall–Kier alpha value is -3.32. The van der Waals surface area contributed by atoms with Crippen molar-refractivity contribution in [2.24, 2.45) is 7.05 Å². The maximum atomic E-state index is 12.7. The monoisotopic (exact) mass is 400 g/mol. The van der Waals surface area contributed by atoms with Gasteiger partial charge in [0.1, 0.15) is 17.9 Å². The third-order valence-corrected chi connectivity index (χ3v) is 4.65. The van der Waals surface area contributed by atoms with E-state index in [1.165, 1.54) is 18.7 Å². The molecule has 0 spiro atoms. The molecular weight excluding hydrogens is 384 g/mol. The molecule has 0 radical (unpaired) electrons. The lowest BCUT2D eigenvalue weighted by molar-refractivity contribution is -0.139. The zero-order valence-corrected chi connectivity index (χ0v) is 15.9. The standard InChI is InChI=1S/C20H17ClN2O5/c1-23-15-9-12(11-3-6-13(21)7-4-11)5-8-14(15)18(25)17(20(23)27)19(26)22-10-16(24)28-2/h3-9,25H,10H2,1-2H3,(H,22,26). The lowest BCUT2D eigenvalue weighted by atomic mass is 10.0. The number of benzene rings is 2. The second-order valence-electron chi connectivity index (χ2n) is 6.09. The normalized spacial score (nSPS) is 10.7. The van der Waals surface area contributed by atoms with Crippen LogP contribution in [0.3, 0.4) is 0 Å². The SMILES string of the molecule is COC(=O)CNC(=O)c1c(O)c2ccc(-c3ccc(Cl)cc3)cc2n(C)c1=O. The highest BCUT2D eigenvalue weighted by Crippen LogP contribution is 2.30. The Morgan fingerprint density at radius 1 is 1.14 bits per heavy atom. The van der Waals surface area contributed by atoms with Crippen molar-refractivity contribution in [2.75, 3.05) is 13.7 Å². The first-order valence-corrected chi connectivity index (χ1v) is 8.68. The van der Waals surface area contributed by atoms with Gasteiger partial charge in [0, 0.05) is 17.5 Å². The number of amides is 1. The van der Waals surface area contributed by atoms with Crippen molar-refractivity contribution in [1.82, 2.24) is 9.88 Å². The average molecular weight is 401 g/mol. The van der Waals surface area contributed by atoms with E-state index in [0.29, 0.717) is 15.9 Å². The van der Waals surface area contributed by atoms with Gasteiger partial charge in [0.25, 0.3) is 11.5 Å². The van der Waals surface area contributed by atoms with Gasteiger partial charge in [-0.3, -0.25) is 14.4 Å². The first-order valence-electron chi connectivity index (χ1n) is 8.30. The number of aryl methyl sites for hydroxylation is 1. The van der Waals surface area contributed by atoms with Gasteiger partial charge < -0.3 is 19.7 Å². The molecule has 0 saturated carbocycles. The number of halogens is 1.